The molecule has 1 saturated carbocycles. The van der Waals surface area contributed by atoms with Crippen LogP contribution < -0.4 is 10.0 Å². The van der Waals surface area contributed by atoms with Crippen molar-refractivity contribution in [3.8, 4) is 0 Å². The first-order valence-corrected chi connectivity index (χ1v) is 8.94. The maximum Gasteiger partial charge on any atom is 0.238 e. The Bertz CT molecular complexity index is 387. The highest BCUT2D eigenvalue weighted by Crippen LogP contribution is 2.18. The summed E-state index contributed by atoms with van der Waals surface area (Å²) in [5.74, 6) is 0.0716. The number of rotatable bonds is 6. The van der Waals surface area contributed by atoms with Crippen molar-refractivity contribution in [2.24, 2.45) is 5.92 Å². The molecule has 0 radical (unpaired) electrons. The molecule has 0 aliphatic heterocycles. The summed E-state index contributed by atoms with van der Waals surface area (Å²) in [6.45, 7) is 3.95. The van der Waals surface area contributed by atoms with E-state index < -0.39 is 16.1 Å². The summed E-state index contributed by atoms with van der Waals surface area (Å²) in [5.41, 5.74) is 0. The van der Waals surface area contributed by atoms with E-state index in [0.29, 0.717) is 6.42 Å². The molecule has 2 N–H and O–H groups in total. The topological polar surface area (TPSA) is 75.3 Å². The highest BCUT2D eigenvalue weighted by atomic mass is 32.2. The van der Waals surface area contributed by atoms with Gasteiger partial charge in [0.15, 0.2) is 0 Å². The van der Waals surface area contributed by atoms with E-state index in [0.717, 1.165) is 31.9 Å². The van der Waals surface area contributed by atoms with Crippen LogP contribution in [0, 0.1) is 5.92 Å². The highest BCUT2D eigenvalue weighted by molar-refractivity contribution is 7.88. The summed E-state index contributed by atoms with van der Waals surface area (Å²) < 4.78 is 25.1. The van der Waals surface area contributed by atoms with Gasteiger partial charge in [-0.1, -0.05) is 33.1 Å². The number of amides is 1. The largest absolute Gasteiger partial charge is 0.352 e. The first-order valence-electron chi connectivity index (χ1n) is 7.05. The minimum Gasteiger partial charge on any atom is -0.352 e. The molecule has 0 unspecified atom stereocenters. The average molecular weight is 290 g/mol. The van der Waals surface area contributed by atoms with E-state index in [2.05, 4.69) is 10.0 Å². The average Bonchev–Trinajstić information content (AvgIpc) is 2.27. The second-order valence-corrected chi connectivity index (χ2v) is 7.70. The van der Waals surface area contributed by atoms with Gasteiger partial charge in [0.05, 0.1) is 6.26 Å². The lowest BCUT2D eigenvalue weighted by Crippen LogP contribution is -2.50. The molecule has 19 heavy (non-hydrogen) atoms. The Morgan fingerprint density at radius 2 is 1.79 bits per heavy atom. The fourth-order valence-electron chi connectivity index (χ4n) is 2.49. The van der Waals surface area contributed by atoms with Gasteiger partial charge in [-0.05, 0) is 25.2 Å². The second-order valence-electron chi connectivity index (χ2n) is 5.92. The number of hydrogen-bond acceptors (Lipinski definition) is 3. The Labute approximate surface area is 116 Å². The summed E-state index contributed by atoms with van der Waals surface area (Å²) in [6.07, 6.45) is 7.11. The van der Waals surface area contributed by atoms with Crippen molar-refractivity contribution in [2.45, 2.75) is 64.5 Å². The molecule has 0 aromatic rings. The molecule has 1 aliphatic carbocycles. The Morgan fingerprint density at radius 3 is 2.26 bits per heavy atom. The SMILES string of the molecule is CC(C)C[C@H](NS(C)(=O)=O)C(=O)NC1CCCCC1. The van der Waals surface area contributed by atoms with Crippen molar-refractivity contribution in [3.05, 3.63) is 0 Å². The molecule has 0 heterocycles. The zero-order valence-electron chi connectivity index (χ0n) is 12.1. The molecule has 0 saturated heterocycles. The lowest BCUT2D eigenvalue weighted by Gasteiger charge is -2.26. The highest BCUT2D eigenvalue weighted by Gasteiger charge is 2.25. The Morgan fingerprint density at radius 1 is 1.21 bits per heavy atom. The van der Waals surface area contributed by atoms with Crippen LogP contribution in [-0.2, 0) is 14.8 Å². The van der Waals surface area contributed by atoms with E-state index in [1.165, 1.54) is 6.42 Å². The summed E-state index contributed by atoms with van der Waals surface area (Å²) in [4.78, 5) is 12.2. The van der Waals surface area contributed by atoms with E-state index >= 15 is 0 Å². The third-order valence-electron chi connectivity index (χ3n) is 3.33. The molecule has 1 fully saturated rings. The van der Waals surface area contributed by atoms with Gasteiger partial charge in [-0.15, -0.1) is 0 Å². The molecular formula is C13H26N2O3S. The van der Waals surface area contributed by atoms with Crippen LogP contribution in [0.5, 0.6) is 0 Å². The second kappa shape index (κ2) is 7.24. The van der Waals surface area contributed by atoms with Gasteiger partial charge in [0, 0.05) is 6.04 Å². The normalized spacial score (nSPS) is 19.4. The quantitative estimate of drug-likeness (QED) is 0.776. The number of carbonyl (C=O) groups excluding carboxylic acids is 1. The zero-order chi connectivity index (χ0) is 14.5. The van der Waals surface area contributed by atoms with Gasteiger partial charge >= 0.3 is 0 Å². The van der Waals surface area contributed by atoms with Crippen LogP contribution in [0.1, 0.15) is 52.4 Å². The van der Waals surface area contributed by atoms with E-state index in [-0.39, 0.29) is 17.9 Å². The standard InChI is InChI=1S/C13H26N2O3S/c1-10(2)9-12(15-19(3,17)18)13(16)14-11-7-5-4-6-8-11/h10-12,15H,4-9H2,1-3H3,(H,14,16)/t12-/m0/s1. The fraction of sp³-hybridized carbons (Fsp3) is 0.923. The van der Waals surface area contributed by atoms with Crippen LogP contribution in [0.3, 0.4) is 0 Å². The van der Waals surface area contributed by atoms with Crippen LogP contribution in [0.2, 0.25) is 0 Å². The number of hydrogen-bond donors (Lipinski definition) is 2. The van der Waals surface area contributed by atoms with E-state index in [4.69, 9.17) is 0 Å². The number of sulfonamides is 1. The maximum absolute atomic E-state index is 12.2. The van der Waals surface area contributed by atoms with Crippen molar-refractivity contribution < 1.29 is 13.2 Å². The van der Waals surface area contributed by atoms with E-state index in [9.17, 15) is 13.2 Å². The first kappa shape index (κ1) is 16.4. The van der Waals surface area contributed by atoms with Crippen LogP contribution in [0.25, 0.3) is 0 Å². The third-order valence-corrected chi connectivity index (χ3v) is 4.04. The Hall–Kier alpha value is -0.620. The molecule has 112 valence electrons. The van der Waals surface area contributed by atoms with Gasteiger partial charge in [0.2, 0.25) is 15.9 Å². The van der Waals surface area contributed by atoms with Crippen LogP contribution in [0.4, 0.5) is 0 Å². The van der Waals surface area contributed by atoms with Gasteiger partial charge in [0.1, 0.15) is 6.04 Å². The summed E-state index contributed by atoms with van der Waals surface area (Å²) >= 11 is 0. The number of nitrogens with one attached hydrogen (secondary N) is 2. The van der Waals surface area contributed by atoms with Gasteiger partial charge in [0.25, 0.3) is 0 Å². The maximum atomic E-state index is 12.2. The molecule has 0 bridgehead atoms. The monoisotopic (exact) mass is 290 g/mol. The van der Waals surface area contributed by atoms with Gasteiger partial charge in [-0.25, -0.2) is 13.1 Å². The first-order chi connectivity index (χ1) is 8.78. The van der Waals surface area contributed by atoms with Crippen LogP contribution in [-0.4, -0.2) is 32.7 Å². The zero-order valence-corrected chi connectivity index (χ0v) is 12.9. The number of carbonyl (C=O) groups is 1. The minimum atomic E-state index is -3.37. The molecule has 1 rings (SSSR count). The third kappa shape index (κ3) is 6.92. The molecular weight excluding hydrogens is 264 g/mol. The fourth-order valence-corrected chi connectivity index (χ4v) is 3.21. The molecule has 0 aromatic carbocycles. The lowest BCUT2D eigenvalue weighted by atomic mass is 9.95. The predicted octanol–water partition coefficient (Wildman–Crippen LogP) is 1.40. The van der Waals surface area contributed by atoms with Crippen molar-refractivity contribution in [2.75, 3.05) is 6.26 Å². The molecule has 1 atom stereocenters. The van der Waals surface area contributed by atoms with Crippen molar-refractivity contribution in [1.82, 2.24) is 10.0 Å². The Kier molecular flexibility index (Phi) is 6.26. The minimum absolute atomic E-state index is 0.189. The smallest absolute Gasteiger partial charge is 0.238 e. The van der Waals surface area contributed by atoms with Crippen LogP contribution >= 0.6 is 0 Å². The Balaban J connectivity index is 2.59. The van der Waals surface area contributed by atoms with Gasteiger partial charge in [-0.2, -0.15) is 0 Å². The molecule has 6 heteroatoms. The molecule has 1 aliphatic rings. The lowest BCUT2D eigenvalue weighted by molar-refractivity contribution is -0.124. The summed E-state index contributed by atoms with van der Waals surface area (Å²) in [6, 6.07) is -0.450. The van der Waals surface area contributed by atoms with Crippen molar-refractivity contribution in [1.29, 1.82) is 0 Å². The molecule has 1 amide bonds. The van der Waals surface area contributed by atoms with Crippen molar-refractivity contribution in [3.63, 3.8) is 0 Å². The van der Waals surface area contributed by atoms with Crippen molar-refractivity contribution >= 4 is 15.9 Å². The van der Waals surface area contributed by atoms with Gasteiger partial charge < -0.3 is 5.32 Å². The summed E-state index contributed by atoms with van der Waals surface area (Å²) in [7, 11) is -3.37. The molecule has 5 nitrogen and oxygen atoms in total. The van der Waals surface area contributed by atoms with E-state index in [1.807, 2.05) is 13.8 Å². The van der Waals surface area contributed by atoms with Crippen LogP contribution in [0.15, 0.2) is 0 Å². The molecule has 0 aromatic heterocycles. The summed E-state index contributed by atoms with van der Waals surface area (Å²) in [5, 5.41) is 2.98. The van der Waals surface area contributed by atoms with E-state index in [1.54, 1.807) is 0 Å². The van der Waals surface area contributed by atoms with Gasteiger partial charge in [-0.3, -0.25) is 4.79 Å². The predicted molar refractivity (Wildman–Crippen MR) is 76.2 cm³/mol. The molecule has 0 spiro atoms.